The Balaban J connectivity index is 1.53. The highest BCUT2D eigenvalue weighted by atomic mass is 16.5. The number of carbonyl (C=O) groups is 1. The van der Waals surface area contributed by atoms with Crippen molar-refractivity contribution < 1.29 is 9.32 Å². The Morgan fingerprint density at radius 1 is 1.55 bits per heavy atom. The van der Waals surface area contributed by atoms with Gasteiger partial charge in [0.2, 0.25) is 5.91 Å². The number of anilines is 1. The van der Waals surface area contributed by atoms with Gasteiger partial charge < -0.3 is 15.2 Å². The maximum Gasteiger partial charge on any atom is 0.225 e. The summed E-state index contributed by atoms with van der Waals surface area (Å²) in [7, 11) is 0. The molecule has 7 heteroatoms. The number of amides is 1. The minimum Gasteiger partial charge on any atom is -0.361 e. The average Bonchev–Trinajstić information content (AvgIpc) is 3.20. The largest absolute Gasteiger partial charge is 0.361 e. The molecular formula is C15H21N5O2. The fourth-order valence-electron chi connectivity index (χ4n) is 2.78. The molecule has 3 rings (SSSR count). The summed E-state index contributed by atoms with van der Waals surface area (Å²) < 4.78 is 7.02. The molecule has 0 bridgehead atoms. The molecule has 0 saturated carbocycles. The summed E-state index contributed by atoms with van der Waals surface area (Å²) in [5.41, 5.74) is 1.86. The molecule has 2 aromatic rings. The third-order valence-corrected chi connectivity index (χ3v) is 4.07. The monoisotopic (exact) mass is 303 g/mol. The average molecular weight is 303 g/mol. The topological polar surface area (TPSA) is 85.0 Å². The van der Waals surface area contributed by atoms with Gasteiger partial charge in [-0.3, -0.25) is 9.48 Å². The molecule has 0 aliphatic carbocycles. The van der Waals surface area contributed by atoms with Gasteiger partial charge in [-0.25, -0.2) is 0 Å². The van der Waals surface area contributed by atoms with Crippen LogP contribution in [0.1, 0.15) is 35.9 Å². The van der Waals surface area contributed by atoms with E-state index in [4.69, 9.17) is 4.52 Å². The fourth-order valence-corrected chi connectivity index (χ4v) is 2.78. The van der Waals surface area contributed by atoms with E-state index in [1.165, 1.54) is 0 Å². The molecule has 22 heavy (non-hydrogen) atoms. The summed E-state index contributed by atoms with van der Waals surface area (Å²) >= 11 is 0. The zero-order valence-corrected chi connectivity index (χ0v) is 12.9. The molecule has 118 valence electrons. The molecule has 2 N–H and O–H groups in total. The molecular weight excluding hydrogens is 282 g/mol. The van der Waals surface area contributed by atoms with E-state index in [1.54, 1.807) is 0 Å². The molecule has 0 radical (unpaired) electrons. The second kappa shape index (κ2) is 6.31. The van der Waals surface area contributed by atoms with Crippen molar-refractivity contribution in [1.82, 2.24) is 20.3 Å². The van der Waals surface area contributed by atoms with E-state index in [1.807, 2.05) is 30.8 Å². The van der Waals surface area contributed by atoms with Crippen molar-refractivity contribution in [2.45, 2.75) is 39.2 Å². The van der Waals surface area contributed by atoms with E-state index in [0.29, 0.717) is 24.7 Å². The number of aryl methyl sites for hydroxylation is 2. The Hall–Kier alpha value is -2.15. The van der Waals surface area contributed by atoms with E-state index in [2.05, 4.69) is 20.9 Å². The predicted molar refractivity (Wildman–Crippen MR) is 81.7 cm³/mol. The second-order valence-electron chi connectivity index (χ2n) is 5.68. The molecule has 0 spiro atoms. The molecule has 1 aliphatic heterocycles. The minimum absolute atomic E-state index is 0.0465. The first-order valence-corrected chi connectivity index (χ1v) is 7.61. The molecule has 1 fully saturated rings. The fraction of sp³-hybridized carbons (Fsp3) is 0.533. The van der Waals surface area contributed by atoms with Gasteiger partial charge in [-0.15, -0.1) is 0 Å². The predicted octanol–water partition coefficient (Wildman–Crippen LogP) is 1.59. The zero-order valence-electron chi connectivity index (χ0n) is 12.9. The zero-order chi connectivity index (χ0) is 15.5. The molecule has 1 saturated heterocycles. The third kappa shape index (κ3) is 3.19. The van der Waals surface area contributed by atoms with Crippen molar-refractivity contribution in [2.24, 2.45) is 0 Å². The van der Waals surface area contributed by atoms with Gasteiger partial charge in [-0.1, -0.05) is 5.16 Å². The van der Waals surface area contributed by atoms with Crippen LogP contribution in [0, 0.1) is 13.8 Å². The standard InChI is InChI=1S/C15H21N5O2/c1-10-13(11(2)22-19-10)3-4-15(21)17-14-6-8-20(18-14)12-5-7-16-9-12/h6,8,12,16H,3-5,7,9H2,1-2H3,(H,17,18,21)/t12-/m1/s1. The van der Waals surface area contributed by atoms with Crippen LogP contribution in [-0.2, 0) is 11.2 Å². The lowest BCUT2D eigenvalue weighted by Crippen LogP contribution is -2.16. The molecule has 1 atom stereocenters. The maximum absolute atomic E-state index is 12.0. The van der Waals surface area contributed by atoms with Crippen molar-refractivity contribution in [1.29, 1.82) is 0 Å². The summed E-state index contributed by atoms with van der Waals surface area (Å²) in [6.45, 7) is 5.70. The number of hydrogen-bond acceptors (Lipinski definition) is 5. The Morgan fingerprint density at radius 2 is 2.41 bits per heavy atom. The molecule has 2 aromatic heterocycles. The van der Waals surface area contributed by atoms with Crippen molar-refractivity contribution in [3.8, 4) is 0 Å². The molecule has 0 unspecified atom stereocenters. The number of nitrogens with one attached hydrogen (secondary N) is 2. The van der Waals surface area contributed by atoms with Crippen molar-refractivity contribution in [3.05, 3.63) is 29.3 Å². The van der Waals surface area contributed by atoms with Gasteiger partial charge in [0, 0.05) is 30.8 Å². The quantitative estimate of drug-likeness (QED) is 0.876. The summed E-state index contributed by atoms with van der Waals surface area (Å²) in [4.78, 5) is 12.0. The van der Waals surface area contributed by atoms with Gasteiger partial charge in [-0.2, -0.15) is 5.10 Å². The van der Waals surface area contributed by atoms with Gasteiger partial charge in [0.1, 0.15) is 5.76 Å². The lowest BCUT2D eigenvalue weighted by Gasteiger charge is -2.08. The number of rotatable bonds is 5. The van der Waals surface area contributed by atoms with Gasteiger partial charge in [0.05, 0.1) is 11.7 Å². The lowest BCUT2D eigenvalue weighted by molar-refractivity contribution is -0.116. The van der Waals surface area contributed by atoms with E-state index in [9.17, 15) is 4.79 Å². The van der Waals surface area contributed by atoms with Gasteiger partial charge >= 0.3 is 0 Å². The first-order chi connectivity index (χ1) is 10.6. The highest BCUT2D eigenvalue weighted by Gasteiger charge is 2.17. The molecule has 1 aliphatic rings. The van der Waals surface area contributed by atoms with Crippen molar-refractivity contribution in [2.75, 3.05) is 18.4 Å². The number of aromatic nitrogens is 3. The third-order valence-electron chi connectivity index (χ3n) is 4.07. The summed E-state index contributed by atoms with van der Waals surface area (Å²) in [6.07, 6.45) is 4.00. The maximum atomic E-state index is 12.0. The molecule has 7 nitrogen and oxygen atoms in total. The highest BCUT2D eigenvalue weighted by Crippen LogP contribution is 2.17. The lowest BCUT2D eigenvalue weighted by atomic mass is 10.1. The summed E-state index contributed by atoms with van der Waals surface area (Å²) in [5, 5.41) is 14.5. The van der Waals surface area contributed by atoms with Gasteiger partial charge in [-0.05, 0) is 33.2 Å². The van der Waals surface area contributed by atoms with Crippen LogP contribution < -0.4 is 10.6 Å². The number of carbonyl (C=O) groups excluding carboxylic acids is 1. The first-order valence-electron chi connectivity index (χ1n) is 7.61. The van der Waals surface area contributed by atoms with E-state index < -0.39 is 0 Å². The normalized spacial score (nSPS) is 17.8. The molecule has 3 heterocycles. The number of nitrogens with zero attached hydrogens (tertiary/aromatic N) is 3. The van der Waals surface area contributed by atoms with Crippen LogP contribution in [-0.4, -0.2) is 33.9 Å². The first kappa shape index (κ1) is 14.8. The summed E-state index contributed by atoms with van der Waals surface area (Å²) in [5.74, 6) is 1.34. The van der Waals surface area contributed by atoms with Crippen LogP contribution in [0.5, 0.6) is 0 Å². The van der Waals surface area contributed by atoms with Crippen LogP contribution in [0.3, 0.4) is 0 Å². The summed E-state index contributed by atoms with van der Waals surface area (Å²) in [6, 6.07) is 2.22. The van der Waals surface area contributed by atoms with Crippen molar-refractivity contribution >= 4 is 11.7 Å². The van der Waals surface area contributed by atoms with Crippen molar-refractivity contribution in [3.63, 3.8) is 0 Å². The Labute approximate surface area is 129 Å². The Morgan fingerprint density at radius 3 is 3.09 bits per heavy atom. The van der Waals surface area contributed by atoms with E-state index in [-0.39, 0.29) is 5.91 Å². The van der Waals surface area contributed by atoms with Crippen LogP contribution in [0.2, 0.25) is 0 Å². The highest BCUT2D eigenvalue weighted by molar-refractivity contribution is 5.89. The van der Waals surface area contributed by atoms with Gasteiger partial charge in [0.25, 0.3) is 0 Å². The molecule has 0 aromatic carbocycles. The Bertz CT molecular complexity index is 635. The van der Waals surface area contributed by atoms with Crippen LogP contribution in [0.4, 0.5) is 5.82 Å². The minimum atomic E-state index is -0.0465. The van der Waals surface area contributed by atoms with Gasteiger partial charge in [0.15, 0.2) is 5.82 Å². The van der Waals surface area contributed by atoms with E-state index >= 15 is 0 Å². The SMILES string of the molecule is Cc1noc(C)c1CCC(=O)Nc1ccn([C@@H]2CCNC2)n1. The van der Waals surface area contributed by atoms with E-state index in [0.717, 1.165) is 36.5 Å². The molecule has 1 amide bonds. The van der Waals surface area contributed by atoms with Crippen LogP contribution in [0.25, 0.3) is 0 Å². The second-order valence-corrected chi connectivity index (χ2v) is 5.68. The number of hydrogen-bond donors (Lipinski definition) is 2. The smallest absolute Gasteiger partial charge is 0.225 e. The van der Waals surface area contributed by atoms with Crippen LogP contribution in [0.15, 0.2) is 16.8 Å². The van der Waals surface area contributed by atoms with Crippen LogP contribution >= 0.6 is 0 Å². The Kier molecular flexibility index (Phi) is 4.24.